The Morgan fingerprint density at radius 2 is 0.558 bits per heavy atom. The van der Waals surface area contributed by atoms with Crippen LogP contribution in [0.4, 0.5) is 22.7 Å². The van der Waals surface area contributed by atoms with E-state index in [0.717, 1.165) is 24.0 Å². The van der Waals surface area contributed by atoms with Crippen molar-refractivity contribution in [2.75, 3.05) is 76.0 Å². The van der Waals surface area contributed by atoms with Crippen LogP contribution in [0.1, 0.15) is 81.4 Å². The first kappa shape index (κ1) is 52.3. The third-order valence-electron chi connectivity index (χ3n) is 16.1. The summed E-state index contributed by atoms with van der Waals surface area (Å²) in [5.74, 6) is -0.338. The van der Waals surface area contributed by atoms with Gasteiger partial charge < -0.3 is 24.3 Å². The lowest BCUT2D eigenvalue weighted by Crippen LogP contribution is -2.32. The van der Waals surface area contributed by atoms with E-state index in [9.17, 15) is 0 Å². The van der Waals surface area contributed by atoms with Crippen LogP contribution in [0.15, 0.2) is 266 Å². The molecule has 5 heteroatoms. The second kappa shape index (κ2) is 23.0. The van der Waals surface area contributed by atoms with E-state index in [4.69, 9.17) is 4.74 Å². The summed E-state index contributed by atoms with van der Waals surface area (Å²) in [6.07, 6.45) is 15.6. The highest BCUT2D eigenvalue weighted by molar-refractivity contribution is 5.71. The van der Waals surface area contributed by atoms with Crippen LogP contribution in [0.5, 0.6) is 0 Å². The summed E-state index contributed by atoms with van der Waals surface area (Å²) in [6.45, 7) is 0. The maximum atomic E-state index is 8.23. The van der Waals surface area contributed by atoms with E-state index in [1.165, 1.54) is 67.3 Å². The van der Waals surface area contributed by atoms with Crippen molar-refractivity contribution >= 4 is 22.7 Å². The first-order valence-electron chi connectivity index (χ1n) is 27.2. The molecule has 0 amide bonds. The molecule has 77 heavy (non-hydrogen) atoms. The smallest absolute Gasteiger partial charge is 0.0942 e. The highest BCUT2D eigenvalue weighted by Gasteiger charge is 2.43. The summed E-state index contributed by atoms with van der Waals surface area (Å²) in [6, 6.07) is 79.7. The van der Waals surface area contributed by atoms with Gasteiger partial charge in [-0.05, 0) is 92.8 Å². The van der Waals surface area contributed by atoms with Gasteiger partial charge in [-0.15, -0.1) is 0 Å². The summed E-state index contributed by atoms with van der Waals surface area (Å²) in [7, 11) is 17.2. The quantitative estimate of drug-likeness (QED) is 0.0852. The number of para-hydroxylation sites is 4. The molecule has 0 saturated heterocycles. The Morgan fingerprint density at radius 3 is 0.805 bits per heavy atom. The molecule has 0 heterocycles. The molecule has 0 saturated carbocycles. The molecular weight excluding hydrogens is 937 g/mol. The van der Waals surface area contributed by atoms with Crippen LogP contribution in [0.3, 0.4) is 0 Å². The van der Waals surface area contributed by atoms with Crippen LogP contribution in [-0.2, 0) is 15.6 Å². The number of rotatable bonds is 18. The van der Waals surface area contributed by atoms with Gasteiger partial charge in [0.2, 0.25) is 0 Å². The van der Waals surface area contributed by atoms with Crippen LogP contribution in [0.2, 0.25) is 0 Å². The number of nitrogens with zero attached hydrogens (tertiary/aromatic N) is 4. The van der Waals surface area contributed by atoms with E-state index in [1.807, 2.05) is 0 Å². The van der Waals surface area contributed by atoms with Crippen molar-refractivity contribution in [3.8, 4) is 0 Å². The third-order valence-corrected chi connectivity index (χ3v) is 16.1. The van der Waals surface area contributed by atoms with Crippen molar-refractivity contribution in [2.45, 2.75) is 47.7 Å². The maximum absolute atomic E-state index is 8.23. The topological polar surface area (TPSA) is 22.2 Å². The Bertz CT molecular complexity index is 3040. The molecule has 0 radical (unpaired) electrons. The molecule has 0 aromatic heterocycles. The lowest BCUT2D eigenvalue weighted by molar-refractivity contribution is -0.0327. The second-order valence-corrected chi connectivity index (χ2v) is 21.6. The zero-order chi connectivity index (χ0) is 53.5. The Hall–Kier alpha value is -8.12. The lowest BCUT2D eigenvalue weighted by atomic mass is 9.66. The van der Waals surface area contributed by atoms with Gasteiger partial charge in [-0.1, -0.05) is 231 Å². The molecule has 4 atom stereocenters. The minimum Gasteiger partial charge on any atom is -0.377 e. The molecule has 0 spiro atoms. The number of allylic oxidation sites excluding steroid dienone is 6. The number of ether oxygens (including phenoxy) is 1. The molecule has 2 aliphatic carbocycles. The van der Waals surface area contributed by atoms with E-state index in [2.05, 4.69) is 331 Å². The van der Waals surface area contributed by atoms with Gasteiger partial charge in [0, 0.05) is 102 Å². The van der Waals surface area contributed by atoms with Crippen LogP contribution in [-0.4, -0.2) is 56.4 Å². The fraction of sp³-hybridized carbons (Fsp3) is 0.222. The van der Waals surface area contributed by atoms with Gasteiger partial charge in [0.15, 0.2) is 0 Å². The molecule has 5 nitrogen and oxygen atoms in total. The van der Waals surface area contributed by atoms with Gasteiger partial charge in [-0.3, -0.25) is 0 Å². The zero-order valence-corrected chi connectivity index (χ0v) is 46.2. The average molecular weight is 1010 g/mol. The second-order valence-electron chi connectivity index (χ2n) is 21.6. The highest BCUT2D eigenvalue weighted by Crippen LogP contribution is 2.54. The normalized spacial score (nSPS) is 16.1. The fourth-order valence-corrected chi connectivity index (χ4v) is 12.4. The fourth-order valence-electron chi connectivity index (χ4n) is 12.4. The third kappa shape index (κ3) is 10.5. The summed E-state index contributed by atoms with van der Waals surface area (Å²) in [5, 5.41) is 0. The molecular formula is C72H74N4O. The Labute approximate surface area is 459 Å². The Morgan fingerprint density at radius 1 is 0.312 bits per heavy atom. The summed E-state index contributed by atoms with van der Waals surface area (Å²) in [5.41, 5.74) is 16.2. The minimum absolute atomic E-state index is 0.169. The molecule has 0 aliphatic heterocycles. The van der Waals surface area contributed by atoms with Crippen molar-refractivity contribution in [1.29, 1.82) is 0 Å². The van der Waals surface area contributed by atoms with Gasteiger partial charge in [0.05, 0.1) is 12.2 Å². The largest absolute Gasteiger partial charge is 0.377 e. The Balaban J connectivity index is 1.14. The molecule has 0 bridgehead atoms. The number of hydrogen-bond donors (Lipinski definition) is 0. The van der Waals surface area contributed by atoms with Gasteiger partial charge in [-0.2, -0.15) is 0 Å². The minimum atomic E-state index is -0.449. The molecule has 8 aromatic rings. The van der Waals surface area contributed by atoms with Gasteiger partial charge in [0.1, 0.15) is 0 Å². The van der Waals surface area contributed by atoms with Crippen molar-refractivity contribution in [1.82, 2.24) is 0 Å². The first-order valence-corrected chi connectivity index (χ1v) is 27.2. The van der Waals surface area contributed by atoms with Crippen molar-refractivity contribution < 1.29 is 4.74 Å². The van der Waals surface area contributed by atoms with Crippen LogP contribution in [0.25, 0.3) is 0 Å². The molecule has 0 fully saturated rings. The van der Waals surface area contributed by atoms with E-state index >= 15 is 0 Å². The van der Waals surface area contributed by atoms with Gasteiger partial charge in [-0.25, -0.2) is 0 Å². The molecule has 8 aromatic carbocycles. The lowest BCUT2D eigenvalue weighted by Gasteiger charge is -2.42. The molecule has 2 aliphatic rings. The maximum Gasteiger partial charge on any atom is 0.0942 e. The monoisotopic (exact) mass is 1010 g/mol. The molecule has 0 N–H and O–H groups in total. The number of anilines is 4. The molecule has 4 unspecified atom stereocenters. The first-order chi connectivity index (χ1) is 37.5. The standard InChI is InChI=1S/C72H74N4O/c1-73(2)63-41-25-21-37-59(63)71(60-38-22-26-42-64(60)74(3)4)49-45-55(46-50-71)67(53-29-13-9-14-30-53)69(57-33-17-11-18-34-57)77-70(58-35-19-12-20-36-58)68(54-31-15-10-16-32-54)56-47-51-72(52-48-56,61-39-23-27-43-65(61)75(5)6)62-40-24-28-44-66(62)76(7)8/h9-49,51,67-70H,50,52H2,1-8H3. The summed E-state index contributed by atoms with van der Waals surface area (Å²) >= 11 is 0. The highest BCUT2D eigenvalue weighted by atomic mass is 16.5. The molecule has 388 valence electrons. The van der Waals surface area contributed by atoms with E-state index in [0.29, 0.717) is 0 Å². The number of benzene rings is 8. The van der Waals surface area contributed by atoms with Crippen molar-refractivity contribution in [2.24, 2.45) is 0 Å². The van der Waals surface area contributed by atoms with E-state index in [1.54, 1.807) is 0 Å². The predicted molar refractivity (Wildman–Crippen MR) is 326 cm³/mol. The number of hydrogen-bond acceptors (Lipinski definition) is 5. The summed E-state index contributed by atoms with van der Waals surface area (Å²) in [4.78, 5) is 9.01. The van der Waals surface area contributed by atoms with E-state index in [-0.39, 0.29) is 11.8 Å². The van der Waals surface area contributed by atoms with Crippen LogP contribution in [0, 0.1) is 0 Å². The summed E-state index contributed by atoms with van der Waals surface area (Å²) < 4.78 is 8.23. The SMILES string of the molecule is CN(C)c1ccccc1C1(c2ccccc2N(C)C)C=CC(C(c2ccccc2)C(OC(c2ccccc2)C(C2=CCC(c3ccccc3N(C)C)(c3ccccc3N(C)C)C=C2)c2ccccc2)c2ccccc2)=CC1. The predicted octanol–water partition coefficient (Wildman–Crippen LogP) is 16.1. The average Bonchev–Trinajstić information content (AvgIpc) is 3.55. The van der Waals surface area contributed by atoms with E-state index < -0.39 is 23.0 Å². The molecule has 10 rings (SSSR count). The van der Waals surface area contributed by atoms with Crippen molar-refractivity contribution in [3.63, 3.8) is 0 Å². The van der Waals surface area contributed by atoms with Crippen LogP contribution >= 0.6 is 0 Å². The van der Waals surface area contributed by atoms with Gasteiger partial charge in [0.25, 0.3) is 0 Å². The van der Waals surface area contributed by atoms with Crippen molar-refractivity contribution in [3.05, 3.63) is 310 Å². The van der Waals surface area contributed by atoms with Gasteiger partial charge >= 0.3 is 0 Å². The Kier molecular flexibility index (Phi) is 15.6. The zero-order valence-electron chi connectivity index (χ0n) is 46.2. The van der Waals surface area contributed by atoms with Crippen LogP contribution < -0.4 is 19.6 Å².